The highest BCUT2D eigenvalue weighted by molar-refractivity contribution is 5.97. The van der Waals surface area contributed by atoms with Crippen molar-refractivity contribution >= 4 is 10.8 Å². The molecule has 3 heteroatoms. The Labute approximate surface area is 115 Å². The van der Waals surface area contributed by atoms with Crippen LogP contribution >= 0.6 is 0 Å². The molecule has 3 aromatic rings. The molecule has 0 spiro atoms. The van der Waals surface area contributed by atoms with Crippen molar-refractivity contribution in [2.24, 2.45) is 0 Å². The van der Waals surface area contributed by atoms with Crippen molar-refractivity contribution in [3.63, 3.8) is 0 Å². The summed E-state index contributed by atoms with van der Waals surface area (Å²) in [6.07, 6.45) is 0.771. The highest BCUT2D eigenvalue weighted by atomic mass is 19.2. The van der Waals surface area contributed by atoms with E-state index in [4.69, 9.17) is 4.84 Å². The minimum Gasteiger partial charge on any atom is -0.378 e. The van der Waals surface area contributed by atoms with E-state index in [0.717, 1.165) is 28.3 Å². The number of rotatable bonds is 2. The van der Waals surface area contributed by atoms with Crippen LogP contribution in [0.3, 0.4) is 0 Å². The predicted octanol–water partition coefficient (Wildman–Crippen LogP) is 4.18. The highest BCUT2D eigenvalue weighted by Gasteiger charge is 2.24. The number of halogens is 1. The molecular weight excluding hydrogens is 253 g/mol. The second-order valence-electron chi connectivity index (χ2n) is 4.97. The summed E-state index contributed by atoms with van der Waals surface area (Å²) in [5.74, 6) is 0.580. The van der Waals surface area contributed by atoms with E-state index in [1.165, 1.54) is 16.8 Å². The van der Waals surface area contributed by atoms with Crippen LogP contribution in [-0.4, -0.2) is 0 Å². The second kappa shape index (κ2) is 4.32. The first-order chi connectivity index (χ1) is 9.88. The minimum atomic E-state index is 0.580. The van der Waals surface area contributed by atoms with Crippen LogP contribution in [0.15, 0.2) is 54.6 Å². The van der Waals surface area contributed by atoms with Crippen molar-refractivity contribution in [3.8, 4) is 16.9 Å². The van der Waals surface area contributed by atoms with Gasteiger partial charge in [-0.2, -0.15) is 0 Å². The summed E-state index contributed by atoms with van der Waals surface area (Å²) in [4.78, 5) is 5.08. The molecule has 0 heterocycles. The fraction of sp³-hybridized carbons (Fsp3) is 0.0588. The zero-order valence-electron chi connectivity index (χ0n) is 10.7. The lowest BCUT2D eigenvalue weighted by Gasteiger charge is -2.11. The Kier molecular flexibility index (Phi) is 2.47. The molecule has 4 rings (SSSR count). The average molecular weight is 265 g/mol. The maximum absolute atomic E-state index is 12.5. The quantitative estimate of drug-likeness (QED) is 0.433. The lowest BCUT2D eigenvalue weighted by atomic mass is 9.99. The van der Waals surface area contributed by atoms with E-state index < -0.39 is 0 Å². The van der Waals surface area contributed by atoms with E-state index in [-0.39, 0.29) is 0 Å². The van der Waals surface area contributed by atoms with Crippen molar-refractivity contribution in [2.75, 3.05) is 0 Å². The van der Waals surface area contributed by atoms with Gasteiger partial charge in [0.15, 0.2) is 5.75 Å². The third-order valence-electron chi connectivity index (χ3n) is 3.92. The molecule has 0 saturated heterocycles. The van der Waals surface area contributed by atoms with Gasteiger partial charge in [-0.3, -0.25) is 0 Å². The molecule has 0 aromatic heterocycles. The smallest absolute Gasteiger partial charge is 0.162 e. The monoisotopic (exact) mass is 265 g/mol. The molecule has 0 amide bonds. The Hall–Kier alpha value is -2.39. The van der Waals surface area contributed by atoms with Crippen LogP contribution in [0.5, 0.6) is 5.75 Å². The van der Waals surface area contributed by atoms with Gasteiger partial charge in [0.25, 0.3) is 0 Å². The van der Waals surface area contributed by atoms with E-state index in [9.17, 15) is 4.48 Å². The van der Waals surface area contributed by atoms with Crippen LogP contribution in [-0.2, 0) is 6.42 Å². The van der Waals surface area contributed by atoms with Gasteiger partial charge in [0.05, 0.1) is 0 Å². The maximum atomic E-state index is 12.5. The molecular formula is C17H12FNO. The van der Waals surface area contributed by atoms with Gasteiger partial charge in [-0.05, 0) is 28.1 Å². The molecule has 0 saturated carbocycles. The van der Waals surface area contributed by atoms with Crippen LogP contribution in [0.2, 0.25) is 0 Å². The van der Waals surface area contributed by atoms with Crippen molar-refractivity contribution in [2.45, 2.75) is 6.42 Å². The van der Waals surface area contributed by atoms with E-state index >= 15 is 0 Å². The Morgan fingerprint density at radius 2 is 1.75 bits per heavy atom. The second-order valence-corrected chi connectivity index (χ2v) is 4.97. The number of hydrogen-bond donors (Lipinski definition) is 1. The van der Waals surface area contributed by atoms with Crippen LogP contribution in [0.1, 0.15) is 11.1 Å². The third kappa shape index (κ3) is 1.53. The van der Waals surface area contributed by atoms with Gasteiger partial charge in [-0.25, -0.2) is 0 Å². The Bertz CT molecular complexity index is 813. The topological polar surface area (TPSA) is 21.3 Å². The molecule has 1 aliphatic carbocycles. The van der Waals surface area contributed by atoms with Crippen molar-refractivity contribution in [1.29, 1.82) is 0 Å². The van der Waals surface area contributed by atoms with E-state index in [1.807, 2.05) is 36.4 Å². The molecule has 1 aliphatic rings. The van der Waals surface area contributed by atoms with E-state index in [0.29, 0.717) is 5.75 Å². The zero-order chi connectivity index (χ0) is 13.5. The average Bonchev–Trinajstić information content (AvgIpc) is 2.86. The molecule has 0 atom stereocenters. The molecule has 1 N–H and O–H groups in total. The van der Waals surface area contributed by atoms with Gasteiger partial charge < -0.3 is 4.84 Å². The molecule has 98 valence electrons. The van der Waals surface area contributed by atoms with Crippen LogP contribution < -0.4 is 10.5 Å². The van der Waals surface area contributed by atoms with Gasteiger partial charge in [0, 0.05) is 23.1 Å². The Morgan fingerprint density at radius 1 is 0.950 bits per heavy atom. The lowest BCUT2D eigenvalue weighted by molar-refractivity contribution is 0.0460. The van der Waals surface area contributed by atoms with Crippen LogP contribution in [0.4, 0.5) is 4.48 Å². The van der Waals surface area contributed by atoms with Gasteiger partial charge in [-0.1, -0.05) is 53.0 Å². The molecule has 0 fully saturated rings. The van der Waals surface area contributed by atoms with Crippen molar-refractivity contribution in [3.05, 3.63) is 65.7 Å². The maximum Gasteiger partial charge on any atom is 0.162 e. The molecule has 20 heavy (non-hydrogen) atoms. The van der Waals surface area contributed by atoms with E-state index in [1.54, 1.807) is 0 Å². The summed E-state index contributed by atoms with van der Waals surface area (Å²) < 4.78 is 12.5. The van der Waals surface area contributed by atoms with Crippen molar-refractivity contribution < 1.29 is 9.32 Å². The molecule has 0 radical (unpaired) electrons. The van der Waals surface area contributed by atoms with E-state index in [2.05, 4.69) is 18.2 Å². The fourth-order valence-corrected chi connectivity index (χ4v) is 3.06. The summed E-state index contributed by atoms with van der Waals surface area (Å²) in [7, 11) is 0. The fourth-order valence-electron chi connectivity index (χ4n) is 3.06. The van der Waals surface area contributed by atoms with Gasteiger partial charge in [-0.15, -0.1) is 0 Å². The summed E-state index contributed by atoms with van der Waals surface area (Å²) in [5, 5.41) is 1.97. The van der Waals surface area contributed by atoms with Gasteiger partial charge >= 0.3 is 0 Å². The first-order valence-electron chi connectivity index (χ1n) is 6.54. The van der Waals surface area contributed by atoms with Gasteiger partial charge in [0.1, 0.15) is 0 Å². The zero-order valence-corrected chi connectivity index (χ0v) is 10.7. The number of fused-ring (bicyclic) bond motifs is 4. The largest absolute Gasteiger partial charge is 0.378 e. The normalized spacial score (nSPS) is 12.2. The highest BCUT2D eigenvalue weighted by Crippen LogP contribution is 2.44. The first kappa shape index (κ1) is 11.4. The SMILES string of the molecule is FNOc1c2c(cc3ccccc13)-c1ccccc1C2. The molecule has 3 aromatic carbocycles. The molecule has 0 unspecified atom stereocenters. The van der Waals surface area contributed by atoms with Crippen LogP contribution in [0, 0.1) is 0 Å². The molecule has 2 nitrogen and oxygen atoms in total. The number of benzene rings is 3. The first-order valence-corrected chi connectivity index (χ1v) is 6.54. The molecule has 0 bridgehead atoms. The predicted molar refractivity (Wildman–Crippen MR) is 77.1 cm³/mol. The van der Waals surface area contributed by atoms with Crippen molar-refractivity contribution in [1.82, 2.24) is 5.70 Å². The summed E-state index contributed by atoms with van der Waals surface area (Å²) in [5.41, 5.74) is 5.96. The Morgan fingerprint density at radius 3 is 2.65 bits per heavy atom. The summed E-state index contributed by atoms with van der Waals surface area (Å²) in [6.45, 7) is 0. The number of nitrogens with one attached hydrogen (secondary N) is 1. The lowest BCUT2D eigenvalue weighted by Crippen LogP contribution is -2.08. The molecule has 0 aliphatic heterocycles. The third-order valence-corrected chi connectivity index (χ3v) is 3.92. The Balaban J connectivity index is 2.07. The summed E-state index contributed by atoms with van der Waals surface area (Å²) >= 11 is 0. The number of hydrogen-bond acceptors (Lipinski definition) is 2. The van der Waals surface area contributed by atoms with Crippen LogP contribution in [0.25, 0.3) is 21.9 Å². The summed E-state index contributed by atoms with van der Waals surface area (Å²) in [6, 6.07) is 18.3. The van der Waals surface area contributed by atoms with Gasteiger partial charge in [0.2, 0.25) is 0 Å². The minimum absolute atomic E-state index is 0.580. The standard InChI is InChI=1S/C17H12FNO/c18-19-20-17-14-8-4-2-6-12(14)9-15-13-7-3-1-5-11(13)10-16(15)17/h1-9,19H,10H2.